The second kappa shape index (κ2) is 5.69. The SMILES string of the molecule is CCC(C)N(C)c1ccc([C@@H](C)N)cc1Br. The number of rotatable bonds is 4. The van der Waals surface area contributed by atoms with E-state index < -0.39 is 0 Å². The Bertz CT molecular complexity index is 350. The number of hydrogen-bond acceptors (Lipinski definition) is 2. The lowest BCUT2D eigenvalue weighted by molar-refractivity contribution is 0.662. The monoisotopic (exact) mass is 284 g/mol. The van der Waals surface area contributed by atoms with Gasteiger partial charge in [0.1, 0.15) is 0 Å². The molecule has 1 unspecified atom stereocenters. The van der Waals surface area contributed by atoms with Crippen LogP contribution < -0.4 is 10.6 Å². The normalized spacial score (nSPS) is 14.6. The molecule has 0 aliphatic heterocycles. The number of hydrogen-bond donors (Lipinski definition) is 1. The first kappa shape index (κ1) is 13.5. The molecule has 0 aliphatic rings. The van der Waals surface area contributed by atoms with E-state index in [0.717, 1.165) is 16.5 Å². The summed E-state index contributed by atoms with van der Waals surface area (Å²) in [7, 11) is 2.12. The lowest BCUT2D eigenvalue weighted by Crippen LogP contribution is -2.28. The van der Waals surface area contributed by atoms with Crippen LogP contribution in [0.5, 0.6) is 0 Å². The maximum Gasteiger partial charge on any atom is 0.0510 e. The van der Waals surface area contributed by atoms with Gasteiger partial charge in [-0.15, -0.1) is 0 Å². The molecule has 0 fully saturated rings. The summed E-state index contributed by atoms with van der Waals surface area (Å²) in [5, 5.41) is 0. The van der Waals surface area contributed by atoms with Gasteiger partial charge in [-0.25, -0.2) is 0 Å². The average molecular weight is 285 g/mol. The maximum absolute atomic E-state index is 5.86. The van der Waals surface area contributed by atoms with Gasteiger partial charge in [0.05, 0.1) is 5.69 Å². The van der Waals surface area contributed by atoms with E-state index in [0.29, 0.717) is 6.04 Å². The first-order valence-corrected chi connectivity index (χ1v) is 6.54. The first-order valence-electron chi connectivity index (χ1n) is 5.75. The highest BCUT2D eigenvalue weighted by atomic mass is 79.9. The molecule has 0 amide bonds. The van der Waals surface area contributed by atoms with Gasteiger partial charge in [-0.3, -0.25) is 0 Å². The third-order valence-electron chi connectivity index (χ3n) is 3.13. The Balaban J connectivity index is 2.99. The largest absolute Gasteiger partial charge is 0.371 e. The Hall–Kier alpha value is -0.540. The number of nitrogens with zero attached hydrogens (tertiary/aromatic N) is 1. The molecule has 16 heavy (non-hydrogen) atoms. The smallest absolute Gasteiger partial charge is 0.0510 e. The van der Waals surface area contributed by atoms with Crippen molar-refractivity contribution in [2.24, 2.45) is 5.73 Å². The molecule has 2 atom stereocenters. The summed E-state index contributed by atoms with van der Waals surface area (Å²) in [5.41, 5.74) is 8.24. The van der Waals surface area contributed by atoms with Gasteiger partial charge in [-0.05, 0) is 53.9 Å². The van der Waals surface area contributed by atoms with Crippen molar-refractivity contribution in [3.8, 4) is 0 Å². The van der Waals surface area contributed by atoms with Crippen LogP contribution >= 0.6 is 15.9 Å². The Morgan fingerprint density at radius 2 is 2.00 bits per heavy atom. The molecule has 0 saturated carbocycles. The predicted molar refractivity (Wildman–Crippen MR) is 74.9 cm³/mol. The minimum atomic E-state index is 0.0826. The number of nitrogens with two attached hydrogens (primary N) is 1. The molecule has 1 aromatic carbocycles. The Labute approximate surface area is 107 Å². The van der Waals surface area contributed by atoms with Gasteiger partial charge in [0.25, 0.3) is 0 Å². The van der Waals surface area contributed by atoms with E-state index in [1.54, 1.807) is 0 Å². The minimum Gasteiger partial charge on any atom is -0.371 e. The molecule has 90 valence electrons. The standard InChI is InChI=1S/C13H21BrN2/c1-5-9(2)16(4)13-7-6-11(10(3)15)8-12(13)14/h6-10H,5,15H2,1-4H3/t9?,10-/m1/s1. The summed E-state index contributed by atoms with van der Waals surface area (Å²) in [5.74, 6) is 0. The fourth-order valence-electron chi connectivity index (χ4n) is 1.60. The summed E-state index contributed by atoms with van der Waals surface area (Å²) in [6.07, 6.45) is 1.14. The highest BCUT2D eigenvalue weighted by Gasteiger charge is 2.12. The third kappa shape index (κ3) is 2.98. The van der Waals surface area contributed by atoms with Crippen molar-refractivity contribution < 1.29 is 0 Å². The number of anilines is 1. The predicted octanol–water partition coefficient (Wildman–Crippen LogP) is 3.70. The van der Waals surface area contributed by atoms with E-state index in [1.165, 1.54) is 5.69 Å². The molecule has 0 saturated heterocycles. The lowest BCUT2D eigenvalue weighted by atomic mass is 10.1. The van der Waals surface area contributed by atoms with Crippen LogP contribution in [0.1, 0.15) is 38.8 Å². The zero-order valence-electron chi connectivity index (χ0n) is 10.5. The van der Waals surface area contributed by atoms with Gasteiger partial charge in [0.2, 0.25) is 0 Å². The van der Waals surface area contributed by atoms with Crippen LogP contribution in [0, 0.1) is 0 Å². The fourth-order valence-corrected chi connectivity index (χ4v) is 2.28. The summed E-state index contributed by atoms with van der Waals surface area (Å²) in [4.78, 5) is 2.29. The minimum absolute atomic E-state index is 0.0826. The fraction of sp³-hybridized carbons (Fsp3) is 0.538. The maximum atomic E-state index is 5.86. The molecule has 0 heterocycles. The van der Waals surface area contributed by atoms with Crippen LogP contribution in [0.15, 0.2) is 22.7 Å². The Kier molecular flexibility index (Phi) is 4.81. The van der Waals surface area contributed by atoms with Crippen molar-refractivity contribution in [1.29, 1.82) is 0 Å². The number of halogens is 1. The van der Waals surface area contributed by atoms with Gasteiger partial charge < -0.3 is 10.6 Å². The third-order valence-corrected chi connectivity index (χ3v) is 3.76. The topological polar surface area (TPSA) is 29.3 Å². The first-order chi connectivity index (χ1) is 7.47. The molecule has 1 rings (SSSR count). The molecule has 0 radical (unpaired) electrons. The molecule has 2 nitrogen and oxygen atoms in total. The second-order valence-corrected chi connectivity index (χ2v) is 5.22. The van der Waals surface area contributed by atoms with Crippen LogP contribution in [-0.4, -0.2) is 13.1 Å². The molecule has 0 aromatic heterocycles. The molecule has 2 N–H and O–H groups in total. The second-order valence-electron chi connectivity index (χ2n) is 4.37. The van der Waals surface area contributed by atoms with Gasteiger partial charge in [0.15, 0.2) is 0 Å². The van der Waals surface area contributed by atoms with E-state index in [9.17, 15) is 0 Å². The molecular formula is C13H21BrN2. The van der Waals surface area contributed by atoms with Crippen molar-refractivity contribution in [1.82, 2.24) is 0 Å². The van der Waals surface area contributed by atoms with E-state index >= 15 is 0 Å². The van der Waals surface area contributed by atoms with Gasteiger partial charge >= 0.3 is 0 Å². The van der Waals surface area contributed by atoms with Gasteiger partial charge in [0, 0.05) is 23.6 Å². The molecule has 1 aromatic rings. The summed E-state index contributed by atoms with van der Waals surface area (Å²) >= 11 is 3.62. The van der Waals surface area contributed by atoms with Crippen LogP contribution in [0.2, 0.25) is 0 Å². The number of benzene rings is 1. The van der Waals surface area contributed by atoms with E-state index in [2.05, 4.69) is 59.9 Å². The zero-order chi connectivity index (χ0) is 12.3. The van der Waals surface area contributed by atoms with E-state index in [4.69, 9.17) is 5.73 Å². The van der Waals surface area contributed by atoms with Crippen LogP contribution in [0.25, 0.3) is 0 Å². The zero-order valence-corrected chi connectivity index (χ0v) is 12.1. The van der Waals surface area contributed by atoms with Crippen molar-refractivity contribution in [2.45, 2.75) is 39.3 Å². The average Bonchev–Trinajstić information content (AvgIpc) is 2.26. The molecule has 0 bridgehead atoms. The summed E-state index contributed by atoms with van der Waals surface area (Å²) in [6.45, 7) is 6.43. The van der Waals surface area contributed by atoms with Crippen molar-refractivity contribution in [3.63, 3.8) is 0 Å². The lowest BCUT2D eigenvalue weighted by Gasteiger charge is -2.27. The molecule has 0 spiro atoms. The van der Waals surface area contributed by atoms with Crippen molar-refractivity contribution in [3.05, 3.63) is 28.2 Å². The van der Waals surface area contributed by atoms with Crippen molar-refractivity contribution >= 4 is 21.6 Å². The van der Waals surface area contributed by atoms with E-state index in [1.807, 2.05) is 6.92 Å². The Morgan fingerprint density at radius 3 is 2.44 bits per heavy atom. The van der Waals surface area contributed by atoms with Crippen LogP contribution in [0.4, 0.5) is 5.69 Å². The van der Waals surface area contributed by atoms with Crippen LogP contribution in [-0.2, 0) is 0 Å². The molecule has 0 aliphatic carbocycles. The molecular weight excluding hydrogens is 264 g/mol. The highest BCUT2D eigenvalue weighted by Crippen LogP contribution is 2.29. The quantitative estimate of drug-likeness (QED) is 0.914. The molecule has 3 heteroatoms. The van der Waals surface area contributed by atoms with Gasteiger partial charge in [-0.1, -0.05) is 13.0 Å². The van der Waals surface area contributed by atoms with E-state index in [-0.39, 0.29) is 6.04 Å². The van der Waals surface area contributed by atoms with Gasteiger partial charge in [-0.2, -0.15) is 0 Å². The van der Waals surface area contributed by atoms with Crippen LogP contribution in [0.3, 0.4) is 0 Å². The van der Waals surface area contributed by atoms with Crippen molar-refractivity contribution in [2.75, 3.05) is 11.9 Å². The Morgan fingerprint density at radius 1 is 1.38 bits per heavy atom. The summed E-state index contributed by atoms with van der Waals surface area (Å²) in [6, 6.07) is 6.97. The highest BCUT2D eigenvalue weighted by molar-refractivity contribution is 9.10. The summed E-state index contributed by atoms with van der Waals surface area (Å²) < 4.78 is 1.12.